The molecule has 88 valence electrons. The first-order valence-corrected chi connectivity index (χ1v) is 6.43. The van der Waals surface area contributed by atoms with Gasteiger partial charge < -0.3 is 0 Å². The lowest BCUT2D eigenvalue weighted by atomic mass is 10.0. The van der Waals surface area contributed by atoms with E-state index in [0.29, 0.717) is 12.0 Å². The fraction of sp³-hybridized carbons (Fsp3) is 0.143. The fourth-order valence-electron chi connectivity index (χ4n) is 1.67. The average molecular weight is 297 g/mol. The summed E-state index contributed by atoms with van der Waals surface area (Å²) in [6.45, 7) is 0. The van der Waals surface area contributed by atoms with Crippen LogP contribution in [-0.2, 0) is 6.42 Å². The maximum atomic E-state index is 13.7. The Balaban J connectivity index is 2.34. The van der Waals surface area contributed by atoms with Crippen molar-refractivity contribution in [2.75, 3.05) is 5.33 Å². The zero-order valence-electron chi connectivity index (χ0n) is 9.09. The molecule has 0 aromatic heterocycles. The second kappa shape index (κ2) is 5.41. The molecule has 2 aromatic rings. The molecule has 0 unspecified atom stereocenters. The molecule has 0 saturated carbocycles. The van der Waals surface area contributed by atoms with E-state index in [1.54, 1.807) is 18.2 Å². The van der Waals surface area contributed by atoms with Gasteiger partial charge >= 0.3 is 0 Å². The molecule has 3 heteroatoms. The molecule has 0 bridgehead atoms. The van der Waals surface area contributed by atoms with Crippen molar-refractivity contribution in [3.05, 3.63) is 59.7 Å². The van der Waals surface area contributed by atoms with Crippen LogP contribution in [0.5, 0.6) is 0 Å². The minimum absolute atomic E-state index is 0.216. The zero-order chi connectivity index (χ0) is 12.3. The molecular formula is C14H11BrF2. The summed E-state index contributed by atoms with van der Waals surface area (Å²) >= 11 is 3.28. The van der Waals surface area contributed by atoms with E-state index in [2.05, 4.69) is 15.9 Å². The third-order valence-corrected chi connectivity index (χ3v) is 2.99. The predicted octanol–water partition coefficient (Wildman–Crippen LogP) is 4.57. The lowest BCUT2D eigenvalue weighted by Gasteiger charge is -2.05. The van der Waals surface area contributed by atoms with Crippen LogP contribution in [0.2, 0.25) is 0 Å². The van der Waals surface area contributed by atoms with E-state index < -0.39 is 0 Å². The first-order valence-electron chi connectivity index (χ1n) is 5.31. The minimum atomic E-state index is -0.287. The van der Waals surface area contributed by atoms with Gasteiger partial charge in [-0.15, -0.1) is 0 Å². The third-order valence-electron chi connectivity index (χ3n) is 2.59. The molecule has 0 atom stereocenters. The van der Waals surface area contributed by atoms with Crippen LogP contribution >= 0.6 is 15.9 Å². The molecule has 0 aliphatic rings. The molecule has 0 heterocycles. The normalized spacial score (nSPS) is 10.5. The summed E-state index contributed by atoms with van der Waals surface area (Å²) in [5.41, 5.74) is 2.27. The smallest absolute Gasteiger partial charge is 0.127 e. The van der Waals surface area contributed by atoms with Crippen molar-refractivity contribution < 1.29 is 8.78 Å². The highest BCUT2D eigenvalue weighted by molar-refractivity contribution is 9.09. The van der Waals surface area contributed by atoms with Gasteiger partial charge in [-0.2, -0.15) is 0 Å². The lowest BCUT2D eigenvalue weighted by molar-refractivity contribution is 0.613. The Bertz CT molecular complexity index is 506. The van der Waals surface area contributed by atoms with Crippen molar-refractivity contribution >= 4 is 15.9 Å². The van der Waals surface area contributed by atoms with Gasteiger partial charge in [0.2, 0.25) is 0 Å². The van der Waals surface area contributed by atoms with Gasteiger partial charge in [-0.25, -0.2) is 8.78 Å². The summed E-state index contributed by atoms with van der Waals surface area (Å²) in [4.78, 5) is 0. The van der Waals surface area contributed by atoms with Crippen molar-refractivity contribution in [3.63, 3.8) is 0 Å². The molecule has 17 heavy (non-hydrogen) atoms. The molecule has 0 fully saturated rings. The first kappa shape index (κ1) is 12.2. The number of hydrogen-bond donors (Lipinski definition) is 0. The fourth-order valence-corrected chi connectivity index (χ4v) is 2.10. The summed E-state index contributed by atoms with van der Waals surface area (Å²) in [5.74, 6) is -0.503. The van der Waals surface area contributed by atoms with Crippen LogP contribution in [0.15, 0.2) is 42.5 Å². The first-order chi connectivity index (χ1) is 8.20. The van der Waals surface area contributed by atoms with Gasteiger partial charge in [0.15, 0.2) is 0 Å². The van der Waals surface area contributed by atoms with E-state index >= 15 is 0 Å². The molecule has 0 aliphatic carbocycles. The highest BCUT2D eigenvalue weighted by atomic mass is 79.9. The van der Waals surface area contributed by atoms with Crippen LogP contribution in [0.4, 0.5) is 8.78 Å². The maximum absolute atomic E-state index is 13.7. The molecule has 0 aliphatic heterocycles. The summed E-state index contributed by atoms with van der Waals surface area (Å²) in [7, 11) is 0. The Hall–Kier alpha value is -1.22. The summed E-state index contributed by atoms with van der Waals surface area (Å²) in [6, 6.07) is 11.2. The highest BCUT2D eigenvalue weighted by Crippen LogP contribution is 2.22. The Morgan fingerprint density at radius 1 is 0.882 bits per heavy atom. The number of alkyl halides is 1. The molecule has 0 radical (unpaired) electrons. The molecule has 0 amide bonds. The SMILES string of the molecule is Fc1ccc(-c2ccc(CCBr)c(F)c2)cc1. The van der Waals surface area contributed by atoms with Gasteiger partial charge in [-0.1, -0.05) is 40.2 Å². The van der Waals surface area contributed by atoms with E-state index in [4.69, 9.17) is 0 Å². The van der Waals surface area contributed by atoms with E-state index in [1.165, 1.54) is 18.2 Å². The van der Waals surface area contributed by atoms with Crippen molar-refractivity contribution in [3.8, 4) is 11.1 Å². The number of aryl methyl sites for hydroxylation is 1. The van der Waals surface area contributed by atoms with Gasteiger partial charge in [0.25, 0.3) is 0 Å². The van der Waals surface area contributed by atoms with Crippen LogP contribution in [0.3, 0.4) is 0 Å². The molecule has 2 aromatic carbocycles. The number of rotatable bonds is 3. The quantitative estimate of drug-likeness (QED) is 0.728. The largest absolute Gasteiger partial charge is 0.207 e. The number of benzene rings is 2. The Morgan fingerprint density at radius 3 is 2.12 bits per heavy atom. The van der Waals surface area contributed by atoms with Crippen LogP contribution in [0.25, 0.3) is 11.1 Å². The van der Waals surface area contributed by atoms with E-state index in [1.807, 2.05) is 6.07 Å². The molecule has 2 rings (SSSR count). The number of halogens is 3. The van der Waals surface area contributed by atoms with Crippen LogP contribution < -0.4 is 0 Å². The summed E-state index contributed by atoms with van der Waals surface area (Å²) in [6.07, 6.45) is 0.662. The van der Waals surface area contributed by atoms with Crippen molar-refractivity contribution in [1.82, 2.24) is 0 Å². The summed E-state index contributed by atoms with van der Waals surface area (Å²) in [5, 5.41) is 0.736. The molecule has 0 N–H and O–H groups in total. The second-order valence-electron chi connectivity index (χ2n) is 3.75. The summed E-state index contributed by atoms with van der Waals surface area (Å²) < 4.78 is 26.5. The Kier molecular flexibility index (Phi) is 3.89. The molecule has 0 saturated heterocycles. The zero-order valence-corrected chi connectivity index (χ0v) is 10.7. The molecular weight excluding hydrogens is 286 g/mol. The van der Waals surface area contributed by atoms with Gasteiger partial charge in [-0.3, -0.25) is 0 Å². The molecule has 0 spiro atoms. The van der Waals surface area contributed by atoms with Crippen LogP contribution in [0, 0.1) is 11.6 Å². The van der Waals surface area contributed by atoms with Gasteiger partial charge in [-0.05, 0) is 41.3 Å². The highest BCUT2D eigenvalue weighted by Gasteiger charge is 2.04. The van der Waals surface area contributed by atoms with Gasteiger partial charge in [0.05, 0.1) is 0 Å². The van der Waals surface area contributed by atoms with E-state index in [0.717, 1.165) is 16.5 Å². The Morgan fingerprint density at radius 2 is 1.53 bits per heavy atom. The second-order valence-corrected chi connectivity index (χ2v) is 4.55. The van der Waals surface area contributed by atoms with Crippen LogP contribution in [0.1, 0.15) is 5.56 Å². The van der Waals surface area contributed by atoms with E-state index in [-0.39, 0.29) is 11.6 Å². The predicted molar refractivity (Wildman–Crippen MR) is 69.3 cm³/mol. The van der Waals surface area contributed by atoms with Crippen LogP contribution in [-0.4, -0.2) is 5.33 Å². The van der Waals surface area contributed by atoms with Gasteiger partial charge in [0, 0.05) is 5.33 Å². The molecule has 0 nitrogen and oxygen atoms in total. The Labute approximate surface area is 107 Å². The standard InChI is InChI=1S/C14H11BrF2/c15-8-7-11-1-2-12(9-14(11)17)10-3-5-13(16)6-4-10/h1-6,9H,7-8H2. The van der Waals surface area contributed by atoms with Crippen molar-refractivity contribution in [2.24, 2.45) is 0 Å². The average Bonchev–Trinajstić information content (AvgIpc) is 2.33. The van der Waals surface area contributed by atoms with E-state index in [9.17, 15) is 8.78 Å². The maximum Gasteiger partial charge on any atom is 0.127 e. The van der Waals surface area contributed by atoms with Crippen molar-refractivity contribution in [2.45, 2.75) is 6.42 Å². The monoisotopic (exact) mass is 296 g/mol. The number of hydrogen-bond acceptors (Lipinski definition) is 0. The third kappa shape index (κ3) is 2.91. The lowest BCUT2D eigenvalue weighted by Crippen LogP contribution is -1.92. The van der Waals surface area contributed by atoms with Gasteiger partial charge in [0.1, 0.15) is 11.6 Å². The van der Waals surface area contributed by atoms with Crippen molar-refractivity contribution in [1.29, 1.82) is 0 Å². The topological polar surface area (TPSA) is 0 Å². The minimum Gasteiger partial charge on any atom is -0.207 e.